The van der Waals surface area contributed by atoms with E-state index >= 15 is 0 Å². The molecule has 0 fully saturated rings. The Labute approximate surface area is 195 Å². The maximum atomic E-state index is 12.6. The molecular weight excluding hydrogens is 426 g/mol. The third-order valence-electron chi connectivity index (χ3n) is 5.92. The lowest BCUT2D eigenvalue weighted by molar-refractivity contribution is 0.0936. The van der Waals surface area contributed by atoms with Crippen LogP contribution >= 0.6 is 0 Å². The summed E-state index contributed by atoms with van der Waals surface area (Å²) >= 11 is 0. The number of nitrogen functional groups attached to an aromatic ring is 1. The summed E-state index contributed by atoms with van der Waals surface area (Å²) in [7, 11) is 0. The van der Waals surface area contributed by atoms with E-state index in [-0.39, 0.29) is 5.78 Å². The van der Waals surface area contributed by atoms with E-state index in [1.165, 1.54) is 0 Å². The van der Waals surface area contributed by atoms with Crippen molar-refractivity contribution in [3.63, 3.8) is 0 Å². The van der Waals surface area contributed by atoms with E-state index in [4.69, 9.17) is 12.3 Å². The van der Waals surface area contributed by atoms with Gasteiger partial charge in [-0.3, -0.25) is 14.2 Å². The van der Waals surface area contributed by atoms with Crippen molar-refractivity contribution >= 4 is 28.3 Å². The van der Waals surface area contributed by atoms with Crippen LogP contribution < -0.4 is 5.73 Å². The summed E-state index contributed by atoms with van der Waals surface area (Å²) in [5.74, 6) is 0.929. The second-order valence-corrected chi connectivity index (χ2v) is 8.68. The molecule has 166 valence electrons. The van der Waals surface area contributed by atoms with Crippen LogP contribution in [0.5, 0.6) is 0 Å². The molecule has 2 aromatic carbocycles. The number of nitrogens with zero attached hydrogens (tertiary/aromatic N) is 6. The summed E-state index contributed by atoms with van der Waals surface area (Å²) < 4.78 is 1.95. The molecule has 0 amide bonds. The SMILES string of the molecule is [C-]#[N+]C(C)(C)C(=O)c1ccc(-c2nnc3cnc4ccc(-c5cnc(N)c(C)c5)cc4n23)cc1. The summed E-state index contributed by atoms with van der Waals surface area (Å²) in [5, 5.41) is 8.69. The van der Waals surface area contributed by atoms with Crippen molar-refractivity contribution in [2.75, 3.05) is 5.73 Å². The molecule has 5 rings (SSSR count). The number of anilines is 1. The predicted octanol–water partition coefficient (Wildman–Crippen LogP) is 4.78. The fraction of sp³-hybridized carbons (Fsp3) is 0.154. The van der Waals surface area contributed by atoms with Crippen molar-refractivity contribution < 1.29 is 4.79 Å². The van der Waals surface area contributed by atoms with Crippen molar-refractivity contribution in [1.82, 2.24) is 24.6 Å². The number of nitrogens with two attached hydrogens (primary N) is 1. The second-order valence-electron chi connectivity index (χ2n) is 8.68. The number of carbonyl (C=O) groups excluding carboxylic acids is 1. The smallest absolute Gasteiger partial charge is 0.288 e. The predicted molar refractivity (Wildman–Crippen MR) is 131 cm³/mol. The van der Waals surface area contributed by atoms with Gasteiger partial charge in [-0.25, -0.2) is 11.6 Å². The third kappa shape index (κ3) is 3.44. The maximum absolute atomic E-state index is 12.6. The van der Waals surface area contributed by atoms with Crippen LogP contribution in [-0.2, 0) is 0 Å². The number of pyridine rings is 1. The number of fused-ring (bicyclic) bond motifs is 3. The van der Waals surface area contributed by atoms with Gasteiger partial charge in [0.25, 0.3) is 5.54 Å². The Bertz CT molecular complexity index is 1630. The molecule has 3 aromatic heterocycles. The van der Waals surface area contributed by atoms with Crippen molar-refractivity contribution in [2.45, 2.75) is 26.3 Å². The average Bonchev–Trinajstić information content (AvgIpc) is 3.30. The Balaban J connectivity index is 1.64. The van der Waals surface area contributed by atoms with Gasteiger partial charge in [0.2, 0.25) is 5.78 Å². The van der Waals surface area contributed by atoms with Crippen molar-refractivity contribution in [3.8, 4) is 22.5 Å². The Kier molecular flexibility index (Phi) is 4.83. The summed E-state index contributed by atoms with van der Waals surface area (Å²) in [6.45, 7) is 12.4. The fourth-order valence-electron chi connectivity index (χ4n) is 3.84. The molecule has 0 atom stereocenters. The van der Waals surface area contributed by atoms with Crippen LogP contribution in [0.3, 0.4) is 0 Å². The van der Waals surface area contributed by atoms with Crippen molar-refractivity contribution in [1.29, 1.82) is 0 Å². The van der Waals surface area contributed by atoms with Gasteiger partial charge >= 0.3 is 0 Å². The number of Topliss-reactive ketones (excluding diaryl/α,β-unsaturated/α-hetero) is 1. The van der Waals surface area contributed by atoms with E-state index in [0.29, 0.717) is 22.9 Å². The molecule has 0 saturated carbocycles. The molecule has 0 radical (unpaired) electrons. The van der Waals surface area contributed by atoms with Crippen LogP contribution in [0.1, 0.15) is 29.8 Å². The van der Waals surface area contributed by atoms with Gasteiger partial charge in [-0.2, -0.15) is 0 Å². The zero-order valence-electron chi connectivity index (χ0n) is 18.9. The van der Waals surface area contributed by atoms with Gasteiger partial charge < -0.3 is 10.6 Å². The quantitative estimate of drug-likeness (QED) is 0.314. The van der Waals surface area contributed by atoms with Crippen molar-refractivity contribution in [2.24, 2.45) is 0 Å². The van der Waals surface area contributed by atoms with Gasteiger partial charge in [0.05, 0.1) is 17.2 Å². The minimum atomic E-state index is -1.10. The summed E-state index contributed by atoms with van der Waals surface area (Å²) in [5.41, 5.74) is 11.2. The van der Waals surface area contributed by atoms with E-state index < -0.39 is 5.54 Å². The van der Waals surface area contributed by atoms with Crippen LogP contribution in [0.25, 0.3) is 44.0 Å². The summed E-state index contributed by atoms with van der Waals surface area (Å²) in [6.07, 6.45) is 3.44. The zero-order valence-corrected chi connectivity index (χ0v) is 18.9. The Morgan fingerprint density at radius 1 is 0.971 bits per heavy atom. The number of aromatic nitrogens is 5. The van der Waals surface area contributed by atoms with Crippen LogP contribution in [0.2, 0.25) is 0 Å². The largest absolute Gasteiger partial charge is 0.383 e. The lowest BCUT2D eigenvalue weighted by Gasteiger charge is -2.10. The molecule has 8 heteroatoms. The molecule has 0 saturated heterocycles. The number of aryl methyl sites for hydroxylation is 1. The molecular formula is C26H21N7O. The van der Waals surface area contributed by atoms with Gasteiger partial charge in [-0.1, -0.05) is 30.3 Å². The average molecular weight is 448 g/mol. The van der Waals surface area contributed by atoms with Gasteiger partial charge in [-0.05, 0) is 36.2 Å². The fourth-order valence-corrected chi connectivity index (χ4v) is 3.84. The molecule has 34 heavy (non-hydrogen) atoms. The minimum absolute atomic E-state index is 0.216. The van der Waals surface area contributed by atoms with E-state index in [2.05, 4.69) is 25.0 Å². The maximum Gasteiger partial charge on any atom is 0.288 e. The number of hydrogen-bond acceptors (Lipinski definition) is 6. The lowest BCUT2D eigenvalue weighted by Crippen LogP contribution is -2.27. The molecule has 0 spiro atoms. The first-order valence-corrected chi connectivity index (χ1v) is 10.7. The van der Waals surface area contributed by atoms with Gasteiger partial charge in [0.1, 0.15) is 5.82 Å². The highest BCUT2D eigenvalue weighted by molar-refractivity contribution is 6.04. The highest BCUT2D eigenvalue weighted by atomic mass is 16.1. The summed E-state index contributed by atoms with van der Waals surface area (Å²) in [6, 6.07) is 15.1. The van der Waals surface area contributed by atoms with Crippen LogP contribution in [0.4, 0.5) is 5.82 Å². The number of hydrogen-bond donors (Lipinski definition) is 1. The number of carbonyl (C=O) groups is 1. The normalized spacial score (nSPS) is 11.6. The van der Waals surface area contributed by atoms with Crippen LogP contribution in [0.15, 0.2) is 60.9 Å². The highest BCUT2D eigenvalue weighted by Gasteiger charge is 2.34. The van der Waals surface area contributed by atoms with Crippen LogP contribution in [-0.4, -0.2) is 35.9 Å². The molecule has 0 aliphatic carbocycles. The molecule has 2 N–H and O–H groups in total. The van der Waals surface area contributed by atoms with Gasteiger partial charge in [0, 0.05) is 36.7 Å². The highest BCUT2D eigenvalue weighted by Crippen LogP contribution is 2.28. The molecule has 5 aromatic rings. The lowest BCUT2D eigenvalue weighted by atomic mass is 9.93. The molecule has 0 aliphatic rings. The molecule has 3 heterocycles. The van der Waals surface area contributed by atoms with E-state index in [9.17, 15) is 4.79 Å². The Hall–Kier alpha value is -4.64. The molecule has 8 nitrogen and oxygen atoms in total. The Morgan fingerprint density at radius 2 is 1.71 bits per heavy atom. The Morgan fingerprint density at radius 3 is 2.41 bits per heavy atom. The number of rotatable bonds is 4. The second kappa shape index (κ2) is 7.74. The first-order chi connectivity index (χ1) is 16.3. The van der Waals surface area contributed by atoms with E-state index in [1.807, 2.05) is 47.7 Å². The molecule has 0 aliphatic heterocycles. The minimum Gasteiger partial charge on any atom is -0.383 e. The topological polar surface area (TPSA) is 103 Å². The van der Waals surface area contributed by atoms with Gasteiger partial charge in [0.15, 0.2) is 11.5 Å². The first-order valence-electron chi connectivity index (χ1n) is 10.7. The molecule has 0 unspecified atom stereocenters. The summed E-state index contributed by atoms with van der Waals surface area (Å²) in [4.78, 5) is 24.9. The standard InChI is InChI=1S/C26H21N7O/c1-15-11-19(13-30-24(15)27)18-9-10-20-21(12-18)33-22(14-29-20)31-32-25(33)17-7-5-16(6-8-17)23(34)26(2,3)28-4/h5-14H,1-3H3,(H2,27,30). The first kappa shape index (κ1) is 21.2. The van der Waals surface area contributed by atoms with Crippen LogP contribution in [0, 0.1) is 13.5 Å². The van der Waals surface area contributed by atoms with E-state index in [1.54, 1.807) is 38.4 Å². The van der Waals surface area contributed by atoms with Crippen molar-refractivity contribution in [3.05, 3.63) is 83.5 Å². The van der Waals surface area contributed by atoms with E-state index in [0.717, 1.165) is 33.3 Å². The van der Waals surface area contributed by atoms with Gasteiger partial charge in [-0.15, -0.1) is 10.2 Å². The zero-order chi connectivity index (χ0) is 24.0. The number of benzene rings is 2. The molecule has 0 bridgehead atoms. The third-order valence-corrected chi connectivity index (χ3v) is 5.92. The number of ketones is 1. The monoisotopic (exact) mass is 447 g/mol.